The molecule has 1 saturated heterocycles. The Bertz CT molecular complexity index is 1400. The summed E-state index contributed by atoms with van der Waals surface area (Å²) in [6, 6.07) is 13.0. The molecular weight excluding hydrogens is 450 g/mol. The van der Waals surface area contributed by atoms with E-state index in [9.17, 15) is 9.59 Å². The zero-order chi connectivity index (χ0) is 23.1. The van der Waals surface area contributed by atoms with Crippen LogP contribution in [0.2, 0.25) is 0 Å². The molecule has 0 saturated carbocycles. The average molecular weight is 472 g/mol. The number of anilines is 3. The molecule has 0 bridgehead atoms. The number of hydrogen-bond donors (Lipinski definition) is 3. The molecule has 3 N–H and O–H groups in total. The SMILES string of the molecule is O=C(N[C@@H]1CCCNC1)c1sc2nccc3c2c1NC(=O)N3c1cc(-c2ccccc2)ncn1. The molecule has 5 heterocycles. The second kappa shape index (κ2) is 8.47. The molecule has 3 aromatic heterocycles. The molecule has 0 radical (unpaired) electrons. The van der Waals surface area contributed by atoms with E-state index in [1.807, 2.05) is 30.3 Å². The van der Waals surface area contributed by atoms with E-state index in [-0.39, 0.29) is 18.0 Å². The molecular formula is C24H21N7O2S. The number of pyridine rings is 1. The highest BCUT2D eigenvalue weighted by atomic mass is 32.1. The number of benzene rings is 1. The first-order valence-electron chi connectivity index (χ1n) is 11.1. The zero-order valence-electron chi connectivity index (χ0n) is 18.1. The second-order valence-corrected chi connectivity index (χ2v) is 9.23. The van der Waals surface area contributed by atoms with E-state index in [2.05, 4.69) is 30.9 Å². The number of nitrogens with one attached hydrogen (secondary N) is 3. The van der Waals surface area contributed by atoms with Crippen molar-refractivity contribution in [3.63, 3.8) is 0 Å². The van der Waals surface area contributed by atoms with Crippen molar-refractivity contribution in [1.29, 1.82) is 0 Å². The van der Waals surface area contributed by atoms with Crippen LogP contribution in [0.25, 0.3) is 21.5 Å². The van der Waals surface area contributed by atoms with Crippen molar-refractivity contribution >= 4 is 50.7 Å². The topological polar surface area (TPSA) is 112 Å². The molecule has 9 nitrogen and oxygen atoms in total. The Morgan fingerprint density at radius 1 is 1.15 bits per heavy atom. The molecule has 2 aliphatic heterocycles. The number of thiophene rings is 1. The van der Waals surface area contributed by atoms with Gasteiger partial charge in [-0.25, -0.2) is 24.6 Å². The lowest BCUT2D eigenvalue weighted by molar-refractivity contribution is 0.0935. The number of carbonyl (C=O) groups excluding carboxylic acids is 2. The van der Waals surface area contributed by atoms with Crippen LogP contribution in [0.4, 0.5) is 22.0 Å². The summed E-state index contributed by atoms with van der Waals surface area (Å²) in [7, 11) is 0. The van der Waals surface area contributed by atoms with Crippen LogP contribution >= 0.6 is 11.3 Å². The summed E-state index contributed by atoms with van der Waals surface area (Å²) in [4.78, 5) is 42.3. The largest absolute Gasteiger partial charge is 0.347 e. The summed E-state index contributed by atoms with van der Waals surface area (Å²) in [5.41, 5.74) is 2.77. The van der Waals surface area contributed by atoms with Crippen LogP contribution in [-0.4, -0.2) is 46.0 Å². The number of hydrogen-bond acceptors (Lipinski definition) is 7. The van der Waals surface area contributed by atoms with Gasteiger partial charge in [0.15, 0.2) is 0 Å². The number of piperidine rings is 1. The molecule has 4 aromatic rings. The number of nitrogens with zero attached hydrogens (tertiary/aromatic N) is 4. The molecule has 170 valence electrons. The minimum Gasteiger partial charge on any atom is -0.347 e. The van der Waals surface area contributed by atoms with Crippen LogP contribution in [0, 0.1) is 0 Å². The fourth-order valence-electron chi connectivity index (χ4n) is 4.43. The predicted octanol–water partition coefficient (Wildman–Crippen LogP) is 3.92. The smallest absolute Gasteiger partial charge is 0.332 e. The van der Waals surface area contributed by atoms with E-state index in [0.29, 0.717) is 32.6 Å². The highest BCUT2D eigenvalue weighted by Crippen LogP contribution is 2.45. The first-order chi connectivity index (χ1) is 16.7. The van der Waals surface area contributed by atoms with Gasteiger partial charge >= 0.3 is 6.03 Å². The van der Waals surface area contributed by atoms with Gasteiger partial charge in [0.05, 0.1) is 22.5 Å². The fraction of sp³-hybridized carbons (Fsp3) is 0.208. The van der Waals surface area contributed by atoms with E-state index in [4.69, 9.17) is 0 Å². The van der Waals surface area contributed by atoms with Gasteiger partial charge in [0.2, 0.25) is 0 Å². The lowest BCUT2D eigenvalue weighted by Crippen LogP contribution is -2.45. The molecule has 1 fully saturated rings. The third-order valence-corrected chi connectivity index (χ3v) is 7.13. The minimum atomic E-state index is -0.385. The molecule has 3 amide bonds. The minimum absolute atomic E-state index is 0.0688. The third kappa shape index (κ3) is 3.57. The number of urea groups is 1. The summed E-state index contributed by atoms with van der Waals surface area (Å²) >= 11 is 1.28. The summed E-state index contributed by atoms with van der Waals surface area (Å²) < 4.78 is 0. The van der Waals surface area contributed by atoms with Crippen molar-refractivity contribution in [2.45, 2.75) is 18.9 Å². The average Bonchev–Trinajstić information content (AvgIpc) is 3.25. The van der Waals surface area contributed by atoms with Gasteiger partial charge in [-0.05, 0) is 25.5 Å². The zero-order valence-corrected chi connectivity index (χ0v) is 18.9. The van der Waals surface area contributed by atoms with E-state index < -0.39 is 0 Å². The van der Waals surface area contributed by atoms with Gasteiger partial charge in [-0.3, -0.25) is 4.79 Å². The molecule has 1 aromatic carbocycles. The van der Waals surface area contributed by atoms with Crippen molar-refractivity contribution in [2.75, 3.05) is 23.3 Å². The van der Waals surface area contributed by atoms with Gasteiger partial charge in [-0.15, -0.1) is 11.3 Å². The quantitative estimate of drug-likeness (QED) is 0.416. The van der Waals surface area contributed by atoms with Gasteiger partial charge < -0.3 is 16.0 Å². The Hall–Kier alpha value is -3.89. The molecule has 1 atom stereocenters. The molecule has 0 spiro atoms. The Balaban J connectivity index is 1.40. The lowest BCUT2D eigenvalue weighted by Gasteiger charge is -2.28. The van der Waals surface area contributed by atoms with E-state index in [0.717, 1.165) is 36.9 Å². The highest BCUT2D eigenvalue weighted by Gasteiger charge is 2.34. The molecule has 0 aliphatic carbocycles. The molecule has 34 heavy (non-hydrogen) atoms. The maximum absolute atomic E-state index is 13.3. The monoisotopic (exact) mass is 471 g/mol. The Kier molecular flexibility index (Phi) is 5.16. The summed E-state index contributed by atoms with van der Waals surface area (Å²) in [5.74, 6) is 0.245. The number of aromatic nitrogens is 3. The van der Waals surface area contributed by atoms with Gasteiger partial charge in [0.25, 0.3) is 5.91 Å². The van der Waals surface area contributed by atoms with Crippen LogP contribution in [-0.2, 0) is 0 Å². The van der Waals surface area contributed by atoms with Gasteiger partial charge in [0.1, 0.15) is 21.9 Å². The standard InChI is InChI=1S/C24H21N7O2S/c32-22(29-15-7-4-9-25-12-15)21-20-19-17(8-10-26-23(19)34-21)31(24(33)30-20)18-11-16(27-13-28-18)14-5-2-1-3-6-14/h1-3,5-6,8,10-11,13,15,25H,4,7,9,12H2,(H,29,32)(H,30,33)/t15-/m1/s1. The van der Waals surface area contributed by atoms with Crippen molar-refractivity contribution in [3.05, 3.63) is 59.9 Å². The van der Waals surface area contributed by atoms with Gasteiger partial charge in [-0.1, -0.05) is 30.3 Å². The summed E-state index contributed by atoms with van der Waals surface area (Å²) in [6.07, 6.45) is 5.05. The van der Waals surface area contributed by atoms with Crippen LogP contribution in [0.3, 0.4) is 0 Å². The molecule has 10 heteroatoms. The van der Waals surface area contributed by atoms with Gasteiger partial charge in [0, 0.05) is 30.4 Å². The van der Waals surface area contributed by atoms with Crippen molar-refractivity contribution in [3.8, 4) is 11.3 Å². The highest BCUT2D eigenvalue weighted by molar-refractivity contribution is 7.21. The Morgan fingerprint density at radius 2 is 2.03 bits per heavy atom. The third-order valence-electron chi connectivity index (χ3n) is 6.04. The Labute approximate surface area is 199 Å². The van der Waals surface area contributed by atoms with Crippen molar-refractivity contribution < 1.29 is 9.59 Å². The van der Waals surface area contributed by atoms with Crippen molar-refractivity contribution in [2.24, 2.45) is 0 Å². The normalized spacial score (nSPS) is 17.5. The number of rotatable bonds is 4. The maximum atomic E-state index is 13.3. The number of amides is 3. The second-order valence-electron chi connectivity index (χ2n) is 8.23. The summed E-state index contributed by atoms with van der Waals surface area (Å²) in [5, 5.41) is 10.1. The first-order valence-corrected chi connectivity index (χ1v) is 11.9. The molecule has 6 rings (SSSR count). The first kappa shape index (κ1) is 20.7. The van der Waals surface area contributed by atoms with E-state index in [1.54, 1.807) is 18.3 Å². The fourth-order valence-corrected chi connectivity index (χ4v) is 5.46. The van der Waals surface area contributed by atoms with Crippen LogP contribution in [0.1, 0.15) is 22.5 Å². The lowest BCUT2D eigenvalue weighted by atomic mass is 10.1. The maximum Gasteiger partial charge on any atom is 0.332 e. The summed E-state index contributed by atoms with van der Waals surface area (Å²) in [6.45, 7) is 1.71. The molecule has 0 unspecified atom stereocenters. The van der Waals surface area contributed by atoms with Crippen LogP contribution < -0.4 is 20.9 Å². The van der Waals surface area contributed by atoms with E-state index >= 15 is 0 Å². The molecule has 2 aliphatic rings. The van der Waals surface area contributed by atoms with Crippen LogP contribution in [0.15, 0.2) is 55.0 Å². The van der Waals surface area contributed by atoms with Crippen LogP contribution in [0.5, 0.6) is 0 Å². The number of carbonyl (C=O) groups is 2. The van der Waals surface area contributed by atoms with E-state index in [1.165, 1.54) is 22.6 Å². The van der Waals surface area contributed by atoms with Gasteiger partial charge in [-0.2, -0.15) is 0 Å². The Morgan fingerprint density at radius 3 is 2.85 bits per heavy atom. The van der Waals surface area contributed by atoms with Crippen molar-refractivity contribution in [1.82, 2.24) is 25.6 Å². The predicted molar refractivity (Wildman–Crippen MR) is 132 cm³/mol.